The van der Waals surface area contributed by atoms with Crippen LogP contribution in [-0.4, -0.2) is 14.1 Å². The zero-order valence-corrected chi connectivity index (χ0v) is 31.7. The second kappa shape index (κ2) is 15.9. The van der Waals surface area contributed by atoms with Crippen molar-refractivity contribution in [2.24, 2.45) is 0 Å². The van der Waals surface area contributed by atoms with Gasteiger partial charge in [-0.1, -0.05) is 250 Å². The summed E-state index contributed by atoms with van der Waals surface area (Å²) in [5.41, 5.74) is 15.0. The highest BCUT2D eigenvalue weighted by Gasteiger charge is 2.38. The molecule has 0 aliphatic carbocycles. The third-order valence-electron chi connectivity index (χ3n) is 10.7. The Morgan fingerprint density at radius 3 is 0.491 bits per heavy atom. The molecule has 0 saturated heterocycles. The lowest BCUT2D eigenvalue weighted by molar-refractivity contribution is 1.58. The smallest absolute Gasteiger partial charge is 0.0835 e. The maximum absolute atomic E-state index is 2.56. The largest absolute Gasteiger partial charge is 0.389 e. The van der Waals surface area contributed by atoms with Gasteiger partial charge in [0.15, 0.2) is 0 Å². The Morgan fingerprint density at radius 1 is 0.164 bits per heavy atom. The van der Waals surface area contributed by atoms with Gasteiger partial charge in [-0.3, -0.25) is 0 Å². The maximum Gasteiger partial charge on any atom is 0.389 e. The van der Waals surface area contributed by atoms with Crippen molar-refractivity contribution in [2.75, 3.05) is 0 Å². The Balaban J connectivity index is 1.53. The van der Waals surface area contributed by atoms with E-state index in [0.717, 1.165) is 0 Å². The van der Waals surface area contributed by atoms with E-state index in [1.54, 1.807) is 0 Å². The van der Waals surface area contributed by atoms with Gasteiger partial charge in [0.25, 0.3) is 0 Å². The number of hydrogen-bond donors (Lipinski definition) is 0. The lowest BCUT2D eigenvalue weighted by Gasteiger charge is -2.30. The second-order valence-electron chi connectivity index (χ2n) is 13.9. The fourth-order valence-corrected chi connectivity index (χ4v) is 12.6. The molecule has 0 unspecified atom stereocenters. The molecule has 0 spiro atoms. The summed E-state index contributed by atoms with van der Waals surface area (Å²) in [6.07, 6.45) is 0. The van der Waals surface area contributed by atoms with Crippen LogP contribution in [0.4, 0.5) is 0 Å². The third kappa shape index (κ3) is 6.89. The summed E-state index contributed by atoms with van der Waals surface area (Å²) >= 11 is -2.56. The zero-order chi connectivity index (χ0) is 36.8. The van der Waals surface area contributed by atoms with Gasteiger partial charge in [0.1, 0.15) is 0 Å². The lowest BCUT2D eigenvalue weighted by Crippen LogP contribution is -2.56. The predicted octanol–water partition coefficient (Wildman–Crippen LogP) is 12.2. The highest BCUT2D eigenvalue weighted by atomic mass is 27.2. The van der Waals surface area contributed by atoms with Crippen LogP contribution in [0.1, 0.15) is 0 Å². The molecule has 55 heavy (non-hydrogen) atoms. The number of benzene rings is 9. The van der Waals surface area contributed by atoms with Crippen LogP contribution in [-0.2, 0) is 0 Å². The molecule has 0 amide bonds. The van der Waals surface area contributed by atoms with Crippen LogP contribution in [0.3, 0.4) is 0 Å². The van der Waals surface area contributed by atoms with E-state index in [1.807, 2.05) is 0 Å². The van der Waals surface area contributed by atoms with Crippen molar-refractivity contribution in [3.05, 3.63) is 237 Å². The van der Waals surface area contributed by atoms with Gasteiger partial charge in [-0.25, -0.2) is 0 Å². The summed E-state index contributed by atoms with van der Waals surface area (Å²) in [7, 11) is 0. The molecule has 0 atom stereocenters. The molecule has 0 bridgehead atoms. The Labute approximate surface area is 329 Å². The normalized spacial score (nSPS) is 10.9. The summed E-state index contributed by atoms with van der Waals surface area (Å²) in [4.78, 5) is 0. The fraction of sp³-hybridized carbons (Fsp3) is 0. The Hall–Kier alpha value is -6.49. The predicted molar refractivity (Wildman–Crippen MR) is 237 cm³/mol. The molecule has 0 radical (unpaired) electrons. The average molecular weight is 715 g/mol. The second-order valence-corrected chi connectivity index (χ2v) is 16.5. The molecule has 258 valence electrons. The standard InChI is InChI=1S/3C18H13.Al/c3*1-3-8-15(9-4-1)17-12-7-13-18(14-17)16-10-5-2-6-11-16;/h3*1-13H;. The molecule has 0 fully saturated rings. The van der Waals surface area contributed by atoms with E-state index in [-0.39, 0.29) is 0 Å². The summed E-state index contributed by atoms with van der Waals surface area (Å²) in [6.45, 7) is 0. The lowest BCUT2D eigenvalue weighted by atomic mass is 9.97. The van der Waals surface area contributed by atoms with Crippen LogP contribution < -0.4 is 13.3 Å². The molecule has 9 rings (SSSR count). The van der Waals surface area contributed by atoms with Crippen molar-refractivity contribution in [3.8, 4) is 66.8 Å². The van der Waals surface area contributed by atoms with E-state index in [1.165, 1.54) is 80.0 Å². The molecular formula is C54H39Al. The molecule has 9 aromatic carbocycles. The van der Waals surface area contributed by atoms with E-state index in [0.29, 0.717) is 0 Å². The minimum Gasteiger partial charge on any atom is -0.0835 e. The topological polar surface area (TPSA) is 0 Å². The van der Waals surface area contributed by atoms with Crippen LogP contribution in [0.25, 0.3) is 66.8 Å². The van der Waals surface area contributed by atoms with Gasteiger partial charge in [-0.2, -0.15) is 0 Å². The van der Waals surface area contributed by atoms with Crippen molar-refractivity contribution < 1.29 is 0 Å². The minimum atomic E-state index is -2.56. The van der Waals surface area contributed by atoms with Gasteiger partial charge < -0.3 is 0 Å². The van der Waals surface area contributed by atoms with Gasteiger partial charge in [-0.05, 0) is 66.8 Å². The quantitative estimate of drug-likeness (QED) is 0.131. The molecule has 0 aromatic heterocycles. The van der Waals surface area contributed by atoms with Crippen molar-refractivity contribution in [2.45, 2.75) is 0 Å². The zero-order valence-electron chi connectivity index (χ0n) is 30.6. The first-order valence-electron chi connectivity index (χ1n) is 19.1. The highest BCUT2D eigenvalue weighted by molar-refractivity contribution is 7.00. The maximum atomic E-state index is 2.36. The Morgan fingerprint density at radius 2 is 0.327 bits per heavy atom. The summed E-state index contributed by atoms with van der Waals surface area (Å²) in [6, 6.07) is 87.0. The van der Waals surface area contributed by atoms with Gasteiger partial charge >= 0.3 is 14.1 Å². The Bertz CT molecular complexity index is 2180. The van der Waals surface area contributed by atoms with Gasteiger partial charge in [0, 0.05) is 0 Å². The van der Waals surface area contributed by atoms with Crippen LogP contribution in [0.15, 0.2) is 237 Å². The van der Waals surface area contributed by atoms with Crippen LogP contribution in [0, 0.1) is 0 Å². The fourth-order valence-electron chi connectivity index (χ4n) is 8.28. The molecule has 0 aliphatic rings. The first-order valence-corrected chi connectivity index (χ1v) is 20.8. The number of rotatable bonds is 9. The van der Waals surface area contributed by atoms with Crippen molar-refractivity contribution in [3.63, 3.8) is 0 Å². The van der Waals surface area contributed by atoms with E-state index in [9.17, 15) is 0 Å². The van der Waals surface area contributed by atoms with E-state index < -0.39 is 14.1 Å². The molecule has 1 heteroatoms. The van der Waals surface area contributed by atoms with Gasteiger partial charge in [0.05, 0.1) is 0 Å². The number of hydrogen-bond acceptors (Lipinski definition) is 0. The minimum absolute atomic E-state index is 1.23. The van der Waals surface area contributed by atoms with Crippen molar-refractivity contribution in [1.82, 2.24) is 0 Å². The molecular weight excluding hydrogens is 676 g/mol. The van der Waals surface area contributed by atoms with Crippen LogP contribution in [0.5, 0.6) is 0 Å². The van der Waals surface area contributed by atoms with E-state index in [2.05, 4.69) is 237 Å². The third-order valence-corrected chi connectivity index (χ3v) is 14.3. The first kappa shape index (κ1) is 34.3. The van der Waals surface area contributed by atoms with Crippen molar-refractivity contribution in [1.29, 1.82) is 0 Å². The summed E-state index contributed by atoms with van der Waals surface area (Å²) in [5, 5.41) is 0. The summed E-state index contributed by atoms with van der Waals surface area (Å²) < 4.78 is 4.25. The average Bonchev–Trinajstić information content (AvgIpc) is 3.28. The first-order chi connectivity index (χ1) is 27.3. The van der Waals surface area contributed by atoms with E-state index in [4.69, 9.17) is 0 Å². The monoisotopic (exact) mass is 714 g/mol. The SMILES string of the molecule is c1ccc(-c2cccc(-c3ccccc3)[c]2[Al]([c]2c(-c3ccccc3)cccc2-c2ccccc2)[c]2c(-c3ccccc3)cccc2-c2ccccc2)cc1. The highest BCUT2D eigenvalue weighted by Crippen LogP contribution is 2.33. The molecule has 9 aromatic rings. The molecule has 0 nitrogen and oxygen atoms in total. The molecule has 0 aliphatic heterocycles. The Kier molecular flexibility index (Phi) is 9.89. The summed E-state index contributed by atoms with van der Waals surface area (Å²) in [5.74, 6) is 0. The molecule has 0 saturated carbocycles. The van der Waals surface area contributed by atoms with Gasteiger partial charge in [0.2, 0.25) is 0 Å². The van der Waals surface area contributed by atoms with Gasteiger partial charge in [-0.15, -0.1) is 0 Å². The van der Waals surface area contributed by atoms with E-state index >= 15 is 0 Å². The van der Waals surface area contributed by atoms with Crippen LogP contribution in [0.2, 0.25) is 0 Å². The van der Waals surface area contributed by atoms with Crippen molar-refractivity contribution >= 4 is 27.4 Å². The molecule has 0 heterocycles. The van der Waals surface area contributed by atoms with Crippen LogP contribution >= 0.6 is 0 Å². The molecule has 0 N–H and O–H groups in total.